The second kappa shape index (κ2) is 3.37. The predicted molar refractivity (Wildman–Crippen MR) is 58.5 cm³/mol. The van der Waals surface area contributed by atoms with Crippen molar-refractivity contribution in [2.45, 2.75) is 31.7 Å². The average Bonchev–Trinajstić information content (AvgIpc) is 2.53. The van der Waals surface area contributed by atoms with Crippen LogP contribution in [0.5, 0.6) is 0 Å². The SMILES string of the molecule is O=C1CCC2c3ccccc3CCCN12. The summed E-state index contributed by atoms with van der Waals surface area (Å²) in [5.74, 6) is 0.344. The Morgan fingerprint density at radius 1 is 1.20 bits per heavy atom. The van der Waals surface area contributed by atoms with Crippen LogP contribution in [0.3, 0.4) is 0 Å². The lowest BCUT2D eigenvalue weighted by molar-refractivity contribution is -0.129. The van der Waals surface area contributed by atoms with Crippen molar-refractivity contribution in [1.29, 1.82) is 0 Å². The molecule has 0 saturated carbocycles. The number of amides is 1. The molecule has 1 aromatic rings. The van der Waals surface area contributed by atoms with Gasteiger partial charge in [0.2, 0.25) is 5.91 Å². The monoisotopic (exact) mass is 201 g/mol. The molecular formula is C13H15NO. The van der Waals surface area contributed by atoms with Crippen molar-refractivity contribution in [3.63, 3.8) is 0 Å². The maximum atomic E-state index is 11.7. The summed E-state index contributed by atoms with van der Waals surface area (Å²) >= 11 is 0. The molecular weight excluding hydrogens is 186 g/mol. The Bertz CT molecular complexity index is 399. The van der Waals surface area contributed by atoms with Crippen molar-refractivity contribution in [3.8, 4) is 0 Å². The van der Waals surface area contributed by atoms with Gasteiger partial charge in [0, 0.05) is 13.0 Å². The maximum Gasteiger partial charge on any atom is 0.223 e. The molecule has 0 aromatic heterocycles. The van der Waals surface area contributed by atoms with Crippen molar-refractivity contribution in [3.05, 3.63) is 35.4 Å². The number of carbonyl (C=O) groups is 1. The first-order valence-corrected chi connectivity index (χ1v) is 5.73. The van der Waals surface area contributed by atoms with E-state index in [1.54, 1.807) is 0 Å². The largest absolute Gasteiger partial charge is 0.336 e. The van der Waals surface area contributed by atoms with Crippen LogP contribution in [-0.4, -0.2) is 17.4 Å². The number of nitrogens with zero attached hydrogens (tertiary/aromatic N) is 1. The summed E-state index contributed by atoms with van der Waals surface area (Å²) in [5, 5.41) is 0. The van der Waals surface area contributed by atoms with E-state index in [9.17, 15) is 4.79 Å². The highest BCUT2D eigenvalue weighted by atomic mass is 16.2. The first-order chi connectivity index (χ1) is 7.36. The van der Waals surface area contributed by atoms with E-state index in [4.69, 9.17) is 0 Å². The van der Waals surface area contributed by atoms with Gasteiger partial charge in [-0.3, -0.25) is 4.79 Å². The number of carbonyl (C=O) groups excluding carboxylic acids is 1. The Morgan fingerprint density at radius 3 is 3.00 bits per heavy atom. The fourth-order valence-electron chi connectivity index (χ4n) is 2.86. The number of hydrogen-bond donors (Lipinski definition) is 0. The van der Waals surface area contributed by atoms with Crippen LogP contribution in [0.4, 0.5) is 0 Å². The molecule has 15 heavy (non-hydrogen) atoms. The normalized spacial score (nSPS) is 24.7. The zero-order valence-electron chi connectivity index (χ0n) is 8.78. The third kappa shape index (κ3) is 1.36. The molecule has 2 heterocycles. The Morgan fingerprint density at radius 2 is 2.07 bits per heavy atom. The topological polar surface area (TPSA) is 20.3 Å². The van der Waals surface area contributed by atoms with Crippen LogP contribution >= 0.6 is 0 Å². The minimum absolute atomic E-state index is 0.344. The van der Waals surface area contributed by atoms with Crippen LogP contribution in [0.25, 0.3) is 0 Å². The van der Waals surface area contributed by atoms with E-state index in [0.717, 1.165) is 32.2 Å². The van der Waals surface area contributed by atoms with Crippen molar-refractivity contribution in [1.82, 2.24) is 4.90 Å². The molecule has 1 saturated heterocycles. The number of benzene rings is 1. The summed E-state index contributed by atoms with van der Waals surface area (Å²) in [5.41, 5.74) is 2.83. The van der Waals surface area contributed by atoms with Gasteiger partial charge in [-0.15, -0.1) is 0 Å². The van der Waals surface area contributed by atoms with Gasteiger partial charge in [-0.05, 0) is 30.4 Å². The minimum Gasteiger partial charge on any atom is -0.336 e. The molecule has 0 spiro atoms. The van der Waals surface area contributed by atoms with Gasteiger partial charge in [-0.1, -0.05) is 24.3 Å². The molecule has 3 rings (SSSR count). The van der Waals surface area contributed by atoms with Crippen molar-refractivity contribution in [2.75, 3.05) is 6.54 Å². The predicted octanol–water partition coefficient (Wildman–Crippen LogP) is 2.30. The van der Waals surface area contributed by atoms with Crippen LogP contribution < -0.4 is 0 Å². The van der Waals surface area contributed by atoms with Gasteiger partial charge < -0.3 is 4.90 Å². The van der Waals surface area contributed by atoms with Gasteiger partial charge in [0.25, 0.3) is 0 Å². The first-order valence-electron chi connectivity index (χ1n) is 5.73. The van der Waals surface area contributed by atoms with E-state index >= 15 is 0 Å². The third-order valence-electron chi connectivity index (χ3n) is 3.59. The van der Waals surface area contributed by atoms with Crippen molar-refractivity contribution >= 4 is 5.91 Å². The Balaban J connectivity index is 2.06. The van der Waals surface area contributed by atoms with Crippen LogP contribution in [-0.2, 0) is 11.2 Å². The summed E-state index contributed by atoms with van der Waals surface area (Å²) in [6, 6.07) is 8.96. The molecule has 0 radical (unpaired) electrons. The number of fused-ring (bicyclic) bond motifs is 3. The van der Waals surface area contributed by atoms with Gasteiger partial charge in [-0.2, -0.15) is 0 Å². The van der Waals surface area contributed by atoms with E-state index in [2.05, 4.69) is 29.2 Å². The van der Waals surface area contributed by atoms with Crippen LogP contribution in [0, 0.1) is 0 Å². The smallest absolute Gasteiger partial charge is 0.223 e. The molecule has 1 fully saturated rings. The molecule has 2 nitrogen and oxygen atoms in total. The number of aryl methyl sites for hydroxylation is 1. The van der Waals surface area contributed by atoms with Gasteiger partial charge in [0.1, 0.15) is 0 Å². The first kappa shape index (κ1) is 8.96. The van der Waals surface area contributed by atoms with E-state index in [0.29, 0.717) is 11.9 Å². The van der Waals surface area contributed by atoms with Gasteiger partial charge >= 0.3 is 0 Å². The van der Waals surface area contributed by atoms with Crippen LogP contribution in [0.2, 0.25) is 0 Å². The lowest BCUT2D eigenvalue weighted by atomic mass is 9.97. The average molecular weight is 201 g/mol. The van der Waals surface area contributed by atoms with Gasteiger partial charge in [0.05, 0.1) is 6.04 Å². The molecule has 0 bridgehead atoms. The molecule has 1 atom stereocenters. The molecule has 1 amide bonds. The summed E-state index contributed by atoms with van der Waals surface area (Å²) in [6.45, 7) is 0.943. The summed E-state index contributed by atoms with van der Waals surface area (Å²) in [7, 11) is 0. The molecule has 78 valence electrons. The highest BCUT2D eigenvalue weighted by Gasteiger charge is 2.34. The maximum absolute atomic E-state index is 11.7. The molecule has 1 aromatic carbocycles. The van der Waals surface area contributed by atoms with E-state index in [1.807, 2.05) is 0 Å². The lowest BCUT2D eigenvalue weighted by Gasteiger charge is -2.23. The zero-order chi connectivity index (χ0) is 10.3. The lowest BCUT2D eigenvalue weighted by Crippen LogP contribution is -2.27. The van der Waals surface area contributed by atoms with Crippen molar-refractivity contribution < 1.29 is 4.79 Å². The highest BCUT2D eigenvalue weighted by Crippen LogP contribution is 2.36. The second-order valence-corrected chi connectivity index (χ2v) is 4.44. The van der Waals surface area contributed by atoms with Crippen LogP contribution in [0.15, 0.2) is 24.3 Å². The zero-order valence-corrected chi connectivity index (χ0v) is 8.78. The number of rotatable bonds is 0. The van der Waals surface area contributed by atoms with E-state index in [-0.39, 0.29) is 0 Å². The molecule has 0 aliphatic carbocycles. The van der Waals surface area contributed by atoms with Gasteiger partial charge in [0.15, 0.2) is 0 Å². The quantitative estimate of drug-likeness (QED) is 0.630. The summed E-state index contributed by atoms with van der Waals surface area (Å²) in [4.78, 5) is 13.8. The van der Waals surface area contributed by atoms with E-state index < -0.39 is 0 Å². The molecule has 2 heteroatoms. The highest BCUT2D eigenvalue weighted by molar-refractivity contribution is 5.79. The summed E-state index contributed by atoms with van der Waals surface area (Å²) < 4.78 is 0. The van der Waals surface area contributed by atoms with Gasteiger partial charge in [-0.25, -0.2) is 0 Å². The molecule has 2 aliphatic rings. The molecule has 1 unspecified atom stereocenters. The second-order valence-electron chi connectivity index (χ2n) is 4.44. The third-order valence-corrected chi connectivity index (χ3v) is 3.59. The molecule has 0 N–H and O–H groups in total. The van der Waals surface area contributed by atoms with Crippen LogP contribution in [0.1, 0.15) is 36.4 Å². The Labute approximate surface area is 89.9 Å². The Hall–Kier alpha value is -1.31. The minimum atomic E-state index is 0.344. The van der Waals surface area contributed by atoms with E-state index in [1.165, 1.54) is 11.1 Å². The van der Waals surface area contributed by atoms with Crippen molar-refractivity contribution in [2.24, 2.45) is 0 Å². The molecule has 2 aliphatic heterocycles. The summed E-state index contributed by atoms with van der Waals surface area (Å²) in [6.07, 6.45) is 3.98. The Kier molecular flexibility index (Phi) is 2.01. The fraction of sp³-hybridized carbons (Fsp3) is 0.462. The number of hydrogen-bond acceptors (Lipinski definition) is 1. The standard InChI is InChI=1S/C13H15NO/c15-13-8-7-12-11-6-2-1-4-10(11)5-3-9-14(12)13/h1-2,4,6,12H,3,5,7-9H2. The fourth-order valence-corrected chi connectivity index (χ4v) is 2.86.